The quantitative estimate of drug-likeness (QED) is 0.722. The number of fused-ring (bicyclic) bond motifs is 2. The lowest BCUT2D eigenvalue weighted by molar-refractivity contribution is -0.207. The second kappa shape index (κ2) is 5.03. The summed E-state index contributed by atoms with van der Waals surface area (Å²) in [6, 6.07) is 0. The Kier molecular flexibility index (Phi) is 3.86. The zero-order chi connectivity index (χ0) is 16.4. The maximum Gasteiger partial charge on any atom is 0.192 e. The molecule has 1 aliphatic carbocycles. The van der Waals surface area contributed by atoms with Crippen LogP contribution >= 0.6 is 0 Å². The Morgan fingerprint density at radius 1 is 1.14 bits per heavy atom. The summed E-state index contributed by atoms with van der Waals surface area (Å²) >= 11 is 0. The summed E-state index contributed by atoms with van der Waals surface area (Å²) in [5.41, 5.74) is -0.298. The van der Waals surface area contributed by atoms with Crippen LogP contribution in [0, 0.1) is 0 Å². The summed E-state index contributed by atoms with van der Waals surface area (Å²) in [5.74, 6) is -0.504. The first-order chi connectivity index (χ1) is 9.97. The van der Waals surface area contributed by atoms with Gasteiger partial charge >= 0.3 is 0 Å². The second-order valence-corrected chi connectivity index (χ2v) is 13.9. The van der Waals surface area contributed by atoms with Crippen LogP contribution in [-0.2, 0) is 18.6 Å². The zero-order valence-corrected chi connectivity index (χ0v) is 16.2. The van der Waals surface area contributed by atoms with Crippen molar-refractivity contribution in [3.8, 4) is 0 Å². The first-order valence-corrected chi connectivity index (χ1v) is 11.6. The fourth-order valence-electron chi connectivity index (χ4n) is 3.84. The molecule has 0 amide bonds. The molecule has 0 unspecified atom stereocenters. The lowest BCUT2D eigenvalue weighted by Gasteiger charge is -2.43. The average Bonchev–Trinajstić information content (AvgIpc) is 2.95. The number of hydrogen-bond donors (Lipinski definition) is 0. The highest BCUT2D eigenvalue weighted by atomic mass is 28.4. The van der Waals surface area contributed by atoms with Crippen LogP contribution in [-0.4, -0.2) is 44.6 Å². The van der Waals surface area contributed by atoms with Gasteiger partial charge in [-0.05, 0) is 51.2 Å². The van der Waals surface area contributed by atoms with Crippen LogP contribution in [0.4, 0.5) is 0 Å². The van der Waals surface area contributed by atoms with Crippen LogP contribution in [0.5, 0.6) is 0 Å². The van der Waals surface area contributed by atoms with Crippen molar-refractivity contribution in [1.29, 1.82) is 0 Å². The molecule has 0 bridgehead atoms. The van der Waals surface area contributed by atoms with E-state index < -0.39 is 14.1 Å². The van der Waals surface area contributed by atoms with E-state index in [4.69, 9.17) is 18.6 Å². The molecule has 5 heteroatoms. The Labute approximate surface area is 136 Å². The predicted molar refractivity (Wildman–Crippen MR) is 88.4 cm³/mol. The van der Waals surface area contributed by atoms with Gasteiger partial charge in [0.1, 0.15) is 17.8 Å². The van der Waals surface area contributed by atoms with Gasteiger partial charge in [0, 0.05) is 0 Å². The molecule has 2 heterocycles. The highest BCUT2D eigenvalue weighted by molar-refractivity contribution is 6.74. The van der Waals surface area contributed by atoms with Crippen LogP contribution in [0.25, 0.3) is 0 Å². The van der Waals surface area contributed by atoms with Gasteiger partial charge in [0.15, 0.2) is 14.1 Å². The molecule has 3 aliphatic rings. The van der Waals surface area contributed by atoms with Crippen molar-refractivity contribution in [3.05, 3.63) is 0 Å². The van der Waals surface area contributed by atoms with E-state index in [1.807, 2.05) is 13.8 Å². The Hall–Kier alpha value is 0.0569. The summed E-state index contributed by atoms with van der Waals surface area (Å²) in [5, 5.41) is 0.209. The number of ether oxygens (including phenoxy) is 3. The Bertz CT molecular complexity index is 442. The minimum Gasteiger partial charge on any atom is -0.411 e. The van der Waals surface area contributed by atoms with E-state index in [0.717, 1.165) is 19.3 Å². The monoisotopic (exact) mass is 328 g/mol. The molecule has 22 heavy (non-hydrogen) atoms. The normalized spacial score (nSPS) is 41.3. The summed E-state index contributed by atoms with van der Waals surface area (Å²) in [6.45, 7) is 16.1. The molecule has 128 valence electrons. The van der Waals surface area contributed by atoms with Crippen LogP contribution < -0.4 is 0 Å². The molecular formula is C17H32O4Si. The topological polar surface area (TPSA) is 36.9 Å². The number of rotatable bonds is 2. The molecule has 2 saturated heterocycles. The van der Waals surface area contributed by atoms with E-state index in [2.05, 4.69) is 33.9 Å². The molecule has 3 fully saturated rings. The first-order valence-electron chi connectivity index (χ1n) is 8.64. The van der Waals surface area contributed by atoms with Crippen LogP contribution in [0.2, 0.25) is 18.1 Å². The predicted octanol–water partition coefficient (Wildman–Crippen LogP) is 3.85. The van der Waals surface area contributed by atoms with E-state index in [1.165, 1.54) is 0 Å². The average molecular weight is 329 g/mol. The van der Waals surface area contributed by atoms with E-state index in [0.29, 0.717) is 6.61 Å². The van der Waals surface area contributed by atoms with Crippen molar-refractivity contribution >= 4 is 8.32 Å². The summed E-state index contributed by atoms with van der Waals surface area (Å²) in [4.78, 5) is 0. The smallest absolute Gasteiger partial charge is 0.192 e. The van der Waals surface area contributed by atoms with Crippen molar-refractivity contribution in [1.82, 2.24) is 0 Å². The minimum absolute atomic E-state index is 0.0137. The van der Waals surface area contributed by atoms with Crippen molar-refractivity contribution in [2.24, 2.45) is 0 Å². The third-order valence-corrected chi connectivity index (χ3v) is 10.5. The van der Waals surface area contributed by atoms with Crippen LogP contribution in [0.1, 0.15) is 53.9 Å². The molecule has 0 N–H and O–H groups in total. The van der Waals surface area contributed by atoms with E-state index >= 15 is 0 Å². The zero-order valence-electron chi connectivity index (χ0n) is 15.2. The maximum absolute atomic E-state index is 6.76. The third kappa shape index (κ3) is 2.59. The molecule has 4 atom stereocenters. The Morgan fingerprint density at radius 3 is 2.45 bits per heavy atom. The molecule has 3 rings (SSSR count). The first kappa shape index (κ1) is 16.9. The summed E-state index contributed by atoms with van der Waals surface area (Å²) in [6.07, 6.45) is 3.44. The van der Waals surface area contributed by atoms with Crippen molar-refractivity contribution in [2.75, 3.05) is 6.61 Å². The molecule has 0 radical (unpaired) electrons. The van der Waals surface area contributed by atoms with Gasteiger partial charge in [-0.1, -0.05) is 20.8 Å². The molecule has 1 spiro atoms. The highest BCUT2D eigenvalue weighted by Gasteiger charge is 2.64. The standard InChI is InChI=1S/C17H32O4Si/c1-15(2,3)22(6,7)21-13-9-8-10-17(13)14-12(11-18-17)19-16(4,5)20-14/h12-14H,8-11H2,1-7H3/t12-,13-,14-,17-/m0/s1. The summed E-state index contributed by atoms with van der Waals surface area (Å²) < 4.78 is 25.3. The van der Waals surface area contributed by atoms with Gasteiger partial charge in [0.2, 0.25) is 0 Å². The maximum atomic E-state index is 6.76. The molecule has 4 nitrogen and oxygen atoms in total. The molecule has 0 aromatic heterocycles. The van der Waals surface area contributed by atoms with Crippen LogP contribution in [0.3, 0.4) is 0 Å². The third-order valence-electron chi connectivity index (χ3n) is 6.00. The SMILES string of the molecule is CC1(C)O[C@H]2CO[C@]3(CCC[C@@H]3O[Si](C)(C)C(C)(C)C)[C@H]2O1. The van der Waals surface area contributed by atoms with Gasteiger partial charge in [-0.2, -0.15) is 0 Å². The van der Waals surface area contributed by atoms with Crippen molar-refractivity contribution < 1.29 is 18.6 Å². The van der Waals surface area contributed by atoms with Crippen LogP contribution in [0.15, 0.2) is 0 Å². The van der Waals surface area contributed by atoms with Gasteiger partial charge in [0.25, 0.3) is 0 Å². The van der Waals surface area contributed by atoms with Gasteiger partial charge in [0.05, 0.1) is 12.7 Å². The van der Waals surface area contributed by atoms with Crippen molar-refractivity contribution in [3.63, 3.8) is 0 Å². The largest absolute Gasteiger partial charge is 0.411 e. The lowest BCUT2D eigenvalue weighted by atomic mass is 9.92. The molecule has 0 aromatic carbocycles. The molecule has 1 saturated carbocycles. The molecule has 2 aliphatic heterocycles. The fraction of sp³-hybridized carbons (Fsp3) is 1.00. The van der Waals surface area contributed by atoms with Gasteiger partial charge in [-0.15, -0.1) is 0 Å². The number of hydrogen-bond acceptors (Lipinski definition) is 4. The summed E-state index contributed by atoms with van der Waals surface area (Å²) in [7, 11) is -1.82. The minimum atomic E-state index is -1.82. The van der Waals surface area contributed by atoms with E-state index in [9.17, 15) is 0 Å². The highest BCUT2D eigenvalue weighted by Crippen LogP contribution is 2.51. The van der Waals surface area contributed by atoms with Gasteiger partial charge in [-0.3, -0.25) is 0 Å². The van der Waals surface area contributed by atoms with E-state index in [-0.39, 0.29) is 29.0 Å². The van der Waals surface area contributed by atoms with Crippen molar-refractivity contribution in [2.45, 2.75) is 102 Å². The lowest BCUT2D eigenvalue weighted by Crippen LogP contribution is -2.55. The molecular weight excluding hydrogens is 296 g/mol. The Balaban J connectivity index is 1.82. The van der Waals surface area contributed by atoms with Gasteiger partial charge < -0.3 is 18.6 Å². The fourth-order valence-corrected chi connectivity index (χ4v) is 5.22. The second-order valence-electron chi connectivity index (χ2n) is 9.12. The molecule has 0 aromatic rings. The van der Waals surface area contributed by atoms with Gasteiger partial charge in [-0.25, -0.2) is 0 Å². The van der Waals surface area contributed by atoms with E-state index in [1.54, 1.807) is 0 Å². The Morgan fingerprint density at radius 2 is 1.82 bits per heavy atom.